The number of fused-ring (bicyclic) bond motifs is 1. The standard InChI is InChI=1S/C14H9FO/c15-13-9-11-7-4-8-12(14(11)16-13)10-5-2-1-3-6-10/h1-9H. The van der Waals surface area contributed by atoms with Gasteiger partial charge in [0, 0.05) is 17.0 Å². The van der Waals surface area contributed by atoms with Gasteiger partial charge in [0.2, 0.25) is 0 Å². The molecule has 0 saturated heterocycles. The smallest absolute Gasteiger partial charge is 0.278 e. The van der Waals surface area contributed by atoms with Crippen molar-refractivity contribution in [1.29, 1.82) is 0 Å². The lowest BCUT2D eigenvalue weighted by Gasteiger charge is -2.01. The van der Waals surface area contributed by atoms with Gasteiger partial charge < -0.3 is 4.42 Å². The van der Waals surface area contributed by atoms with Crippen molar-refractivity contribution < 1.29 is 8.81 Å². The third kappa shape index (κ3) is 1.39. The number of benzene rings is 2. The molecule has 0 amide bonds. The highest BCUT2D eigenvalue weighted by Gasteiger charge is 2.08. The summed E-state index contributed by atoms with van der Waals surface area (Å²) in [5.74, 6) is 0. The van der Waals surface area contributed by atoms with Gasteiger partial charge in [0.05, 0.1) is 0 Å². The molecule has 0 radical (unpaired) electrons. The van der Waals surface area contributed by atoms with Crippen LogP contribution < -0.4 is 0 Å². The Kier molecular flexibility index (Phi) is 2.00. The van der Waals surface area contributed by atoms with Gasteiger partial charge in [0.25, 0.3) is 6.01 Å². The second-order valence-corrected chi connectivity index (χ2v) is 3.64. The molecule has 1 nitrogen and oxygen atoms in total. The lowest BCUT2D eigenvalue weighted by molar-refractivity contribution is 0.381. The maximum atomic E-state index is 13.1. The Morgan fingerprint density at radius 1 is 0.875 bits per heavy atom. The van der Waals surface area contributed by atoms with Gasteiger partial charge in [-0.1, -0.05) is 48.5 Å². The molecule has 1 heterocycles. The maximum absolute atomic E-state index is 13.1. The molecule has 3 rings (SSSR count). The predicted molar refractivity (Wildman–Crippen MR) is 61.6 cm³/mol. The van der Waals surface area contributed by atoms with Crippen LogP contribution in [0.2, 0.25) is 0 Å². The van der Waals surface area contributed by atoms with Crippen LogP contribution in [0.1, 0.15) is 0 Å². The topological polar surface area (TPSA) is 13.1 Å². The highest BCUT2D eigenvalue weighted by Crippen LogP contribution is 2.30. The van der Waals surface area contributed by atoms with E-state index in [-0.39, 0.29) is 0 Å². The Balaban J connectivity index is 2.31. The van der Waals surface area contributed by atoms with Gasteiger partial charge in [0.15, 0.2) is 0 Å². The van der Waals surface area contributed by atoms with Gasteiger partial charge in [0.1, 0.15) is 5.58 Å². The predicted octanol–water partition coefficient (Wildman–Crippen LogP) is 4.24. The van der Waals surface area contributed by atoms with Crippen LogP contribution in [0.4, 0.5) is 4.39 Å². The quantitative estimate of drug-likeness (QED) is 0.588. The Bertz CT molecular complexity index is 626. The van der Waals surface area contributed by atoms with Gasteiger partial charge in [-0.3, -0.25) is 0 Å². The van der Waals surface area contributed by atoms with Crippen molar-refractivity contribution in [2.24, 2.45) is 0 Å². The van der Waals surface area contributed by atoms with E-state index in [9.17, 15) is 4.39 Å². The van der Waals surface area contributed by atoms with Gasteiger partial charge in [-0.15, -0.1) is 0 Å². The molecule has 0 unspecified atom stereocenters. The number of halogens is 1. The summed E-state index contributed by atoms with van der Waals surface area (Å²) in [5, 5.41) is 0.791. The van der Waals surface area contributed by atoms with E-state index in [0.29, 0.717) is 5.58 Å². The molecule has 0 saturated carbocycles. The van der Waals surface area contributed by atoms with Crippen LogP contribution in [0.25, 0.3) is 22.1 Å². The molecular weight excluding hydrogens is 203 g/mol. The summed E-state index contributed by atoms with van der Waals surface area (Å²) in [5.41, 5.74) is 2.55. The largest absolute Gasteiger partial charge is 0.430 e. The van der Waals surface area contributed by atoms with Gasteiger partial charge in [-0.05, 0) is 5.56 Å². The van der Waals surface area contributed by atoms with Crippen LogP contribution in [0.5, 0.6) is 0 Å². The first kappa shape index (κ1) is 9.16. The van der Waals surface area contributed by atoms with E-state index < -0.39 is 6.01 Å². The van der Waals surface area contributed by atoms with E-state index >= 15 is 0 Å². The Labute approximate surface area is 92.1 Å². The molecule has 2 aromatic carbocycles. The van der Waals surface area contributed by atoms with Crippen LogP contribution >= 0.6 is 0 Å². The zero-order chi connectivity index (χ0) is 11.0. The summed E-state index contributed by atoms with van der Waals surface area (Å²) in [6.45, 7) is 0. The molecule has 0 spiro atoms. The van der Waals surface area contributed by atoms with E-state index in [2.05, 4.69) is 0 Å². The zero-order valence-electron chi connectivity index (χ0n) is 8.48. The van der Waals surface area contributed by atoms with Crippen LogP contribution in [0, 0.1) is 6.01 Å². The molecule has 16 heavy (non-hydrogen) atoms. The molecule has 2 heteroatoms. The lowest BCUT2D eigenvalue weighted by Crippen LogP contribution is -1.77. The number of rotatable bonds is 1. The molecule has 0 aliphatic rings. The molecular formula is C14H9FO. The van der Waals surface area contributed by atoms with E-state index in [1.807, 2.05) is 48.5 Å². The van der Waals surface area contributed by atoms with Crippen molar-refractivity contribution in [3.05, 3.63) is 60.6 Å². The van der Waals surface area contributed by atoms with Crippen molar-refractivity contribution in [3.63, 3.8) is 0 Å². The third-order valence-corrected chi connectivity index (χ3v) is 2.60. The summed E-state index contributed by atoms with van der Waals surface area (Å²) >= 11 is 0. The molecule has 3 aromatic rings. The number of hydrogen-bond acceptors (Lipinski definition) is 1. The van der Waals surface area contributed by atoms with E-state index in [4.69, 9.17) is 4.42 Å². The first-order valence-electron chi connectivity index (χ1n) is 5.08. The molecule has 1 aromatic heterocycles. The van der Waals surface area contributed by atoms with E-state index in [1.165, 1.54) is 6.07 Å². The highest BCUT2D eigenvalue weighted by atomic mass is 19.1. The van der Waals surface area contributed by atoms with Crippen molar-refractivity contribution in [1.82, 2.24) is 0 Å². The fourth-order valence-corrected chi connectivity index (χ4v) is 1.88. The molecule has 0 aliphatic heterocycles. The Morgan fingerprint density at radius 3 is 2.50 bits per heavy atom. The van der Waals surface area contributed by atoms with E-state index in [1.54, 1.807) is 0 Å². The first-order valence-corrected chi connectivity index (χ1v) is 5.08. The second-order valence-electron chi connectivity index (χ2n) is 3.64. The van der Waals surface area contributed by atoms with Crippen molar-refractivity contribution in [3.8, 4) is 11.1 Å². The molecule has 0 aliphatic carbocycles. The highest BCUT2D eigenvalue weighted by molar-refractivity contribution is 5.92. The summed E-state index contributed by atoms with van der Waals surface area (Å²) in [4.78, 5) is 0. The Hall–Kier alpha value is -2.09. The summed E-state index contributed by atoms with van der Waals surface area (Å²) in [7, 11) is 0. The third-order valence-electron chi connectivity index (χ3n) is 2.60. The SMILES string of the molecule is Fc1cc2cccc(-c3ccccc3)c2o1. The monoisotopic (exact) mass is 212 g/mol. The summed E-state index contributed by atoms with van der Waals surface area (Å²) in [6.07, 6.45) is 0. The summed E-state index contributed by atoms with van der Waals surface area (Å²) in [6, 6.07) is 16.4. The first-order chi connectivity index (χ1) is 7.84. The number of para-hydroxylation sites is 1. The van der Waals surface area contributed by atoms with Crippen LogP contribution in [-0.2, 0) is 0 Å². The molecule has 0 N–H and O–H groups in total. The van der Waals surface area contributed by atoms with Gasteiger partial charge in [-0.2, -0.15) is 4.39 Å². The fourth-order valence-electron chi connectivity index (χ4n) is 1.88. The Morgan fingerprint density at radius 2 is 1.69 bits per heavy atom. The van der Waals surface area contributed by atoms with Crippen molar-refractivity contribution >= 4 is 11.0 Å². The fraction of sp³-hybridized carbons (Fsp3) is 0. The van der Waals surface area contributed by atoms with Crippen molar-refractivity contribution in [2.75, 3.05) is 0 Å². The van der Waals surface area contributed by atoms with Crippen LogP contribution in [0.15, 0.2) is 59.0 Å². The summed E-state index contributed by atoms with van der Waals surface area (Å²) < 4.78 is 18.1. The molecule has 0 atom stereocenters. The number of furan rings is 1. The molecule has 0 fully saturated rings. The maximum Gasteiger partial charge on any atom is 0.278 e. The molecule has 0 bridgehead atoms. The van der Waals surface area contributed by atoms with E-state index in [0.717, 1.165) is 16.5 Å². The van der Waals surface area contributed by atoms with Gasteiger partial charge in [-0.25, -0.2) is 0 Å². The average Bonchev–Trinajstić information content (AvgIpc) is 2.70. The lowest BCUT2D eigenvalue weighted by atomic mass is 10.0. The normalized spacial score (nSPS) is 10.8. The molecule has 78 valence electrons. The van der Waals surface area contributed by atoms with Gasteiger partial charge >= 0.3 is 0 Å². The van der Waals surface area contributed by atoms with Crippen molar-refractivity contribution in [2.45, 2.75) is 0 Å². The minimum atomic E-state index is -0.543. The second kappa shape index (κ2) is 3.49. The van der Waals surface area contributed by atoms with Crippen LogP contribution in [0.3, 0.4) is 0 Å². The average molecular weight is 212 g/mol. The number of hydrogen-bond donors (Lipinski definition) is 0. The van der Waals surface area contributed by atoms with Crippen LogP contribution in [-0.4, -0.2) is 0 Å². The zero-order valence-corrected chi connectivity index (χ0v) is 8.48. The minimum absolute atomic E-state index is 0.543. The minimum Gasteiger partial charge on any atom is -0.430 e.